The van der Waals surface area contributed by atoms with Gasteiger partial charge in [-0.15, -0.1) is 0 Å². The van der Waals surface area contributed by atoms with E-state index in [4.69, 9.17) is 21.3 Å². The number of nitrogens with zero attached hydrogens (tertiary/aromatic N) is 3. The van der Waals surface area contributed by atoms with Crippen LogP contribution in [-0.2, 0) is 11.8 Å². The van der Waals surface area contributed by atoms with Gasteiger partial charge in [0.15, 0.2) is 0 Å². The van der Waals surface area contributed by atoms with Crippen molar-refractivity contribution in [3.05, 3.63) is 194 Å². The van der Waals surface area contributed by atoms with Gasteiger partial charge in [0.1, 0.15) is 23.0 Å². The fraction of sp³-hybridized carbons (Fsp3) is 0. The van der Waals surface area contributed by atoms with Gasteiger partial charge in [-0.25, -0.2) is 0 Å². The van der Waals surface area contributed by atoms with Crippen LogP contribution in [0.4, 0.5) is 0 Å². The Morgan fingerprint density at radius 1 is 0.311 bits per heavy atom. The predicted octanol–water partition coefficient (Wildman–Crippen LogP) is 12.9. The maximum absolute atomic E-state index is 7.18. The number of ether oxygens (including phenoxy) is 2. The highest BCUT2D eigenvalue weighted by molar-refractivity contribution is 8.26. The molecule has 0 N–H and O–H groups in total. The first kappa shape index (κ1) is 33.5. The van der Waals surface area contributed by atoms with Crippen LogP contribution in [0.3, 0.4) is 0 Å². The van der Waals surface area contributed by atoms with Gasteiger partial charge in [0.25, 0.3) is 0 Å². The molecule has 0 unspecified atom stereocenters. The number of hydrogen-bond acceptors (Lipinski definition) is 3. The van der Waals surface area contributed by atoms with Crippen molar-refractivity contribution in [1.82, 2.24) is 13.7 Å². The van der Waals surface area contributed by atoms with E-state index in [1.165, 1.54) is 32.3 Å². The molecule has 7 heteroatoms. The van der Waals surface area contributed by atoms with Gasteiger partial charge >= 0.3 is 0 Å². The second kappa shape index (κ2) is 12.1. The van der Waals surface area contributed by atoms with Crippen LogP contribution in [0.25, 0.3) is 82.5 Å². The molecule has 0 fully saturated rings. The number of rotatable bonds is 3. The normalized spacial score (nSPS) is 13.7. The highest BCUT2D eigenvalue weighted by Gasteiger charge is 2.43. The van der Waals surface area contributed by atoms with E-state index in [-0.39, 0.29) is 0 Å². The van der Waals surface area contributed by atoms with Crippen molar-refractivity contribution in [1.29, 1.82) is 0 Å². The van der Waals surface area contributed by atoms with E-state index in [2.05, 4.69) is 208 Å². The first-order valence-corrected chi connectivity index (χ1v) is 23.3. The maximum atomic E-state index is 7.18. The molecule has 5 heterocycles. The number of para-hydroxylation sites is 6. The third-order valence-electron chi connectivity index (χ3n) is 12.9. The second-order valence-electron chi connectivity index (χ2n) is 16.0. The molecule has 2 aliphatic rings. The fourth-order valence-corrected chi connectivity index (χ4v) is 14.8. The first-order chi connectivity index (χ1) is 30.1. The van der Waals surface area contributed by atoms with E-state index in [1.807, 2.05) is 0 Å². The van der Waals surface area contributed by atoms with Crippen LogP contribution >= 0.6 is 6.04 Å². The van der Waals surface area contributed by atoms with Gasteiger partial charge in [-0.2, -0.15) is 0 Å². The van der Waals surface area contributed by atoms with Crippen LogP contribution in [-0.4, -0.2) is 13.7 Å². The average Bonchev–Trinajstić information content (AvgIpc) is 3.95. The summed E-state index contributed by atoms with van der Waals surface area (Å²) < 4.78 is 21.3. The minimum atomic E-state index is -2.74. The van der Waals surface area contributed by atoms with Gasteiger partial charge in [-0.3, -0.25) is 0 Å². The summed E-state index contributed by atoms with van der Waals surface area (Å²) in [5.74, 6) is 3.03. The fourth-order valence-electron chi connectivity index (χ4n) is 10.3. The summed E-state index contributed by atoms with van der Waals surface area (Å²) in [4.78, 5) is 0. The molecule has 12 aromatic rings. The largest absolute Gasteiger partial charge is 0.456 e. The van der Waals surface area contributed by atoms with Gasteiger partial charge in [-0.1, -0.05) is 121 Å². The second-order valence-corrected chi connectivity index (χ2v) is 20.3. The van der Waals surface area contributed by atoms with Crippen molar-refractivity contribution < 1.29 is 9.47 Å². The standard InChI is InChI=1S/C54H32N3O2PS/c61-60-52-27-25-33(55-42-19-7-1-13-36(42)37-14-2-8-20-43(37)55)29-48(52)58-50-31-35(57-46-23-11-5-17-40(46)41-18-6-12-24-47(41)57)32-51(54(50)60)59-49-30-34(26-28-53(49)60)56-44-21-9-3-15-38(44)39-16-4-10-22-45(39)56/h1-32H. The van der Waals surface area contributed by atoms with Crippen LogP contribution in [0.5, 0.6) is 23.0 Å². The third-order valence-corrected chi connectivity index (χ3v) is 17.8. The van der Waals surface area contributed by atoms with E-state index in [9.17, 15) is 0 Å². The lowest BCUT2D eigenvalue weighted by atomic mass is 10.2. The molecule has 0 saturated heterocycles. The summed E-state index contributed by atoms with van der Waals surface area (Å²) in [6, 6.07) is 66.5. The lowest BCUT2D eigenvalue weighted by molar-refractivity contribution is 0.466. The van der Waals surface area contributed by atoms with Gasteiger partial charge in [0.05, 0.1) is 50.1 Å². The van der Waals surface area contributed by atoms with Crippen LogP contribution in [0.1, 0.15) is 0 Å². The number of hydrogen-bond donors (Lipinski definition) is 0. The summed E-state index contributed by atoms with van der Waals surface area (Å²) >= 11 is 7.18. The first-order valence-electron chi connectivity index (χ1n) is 20.5. The molecular weight excluding hydrogens is 786 g/mol. The van der Waals surface area contributed by atoms with E-state index in [1.54, 1.807) is 0 Å². The van der Waals surface area contributed by atoms with Crippen molar-refractivity contribution in [2.24, 2.45) is 0 Å². The van der Waals surface area contributed by atoms with Crippen molar-refractivity contribution in [3.63, 3.8) is 0 Å². The Morgan fingerprint density at radius 3 is 0.918 bits per heavy atom. The molecule has 9 aromatic carbocycles. The summed E-state index contributed by atoms with van der Waals surface area (Å²) in [6.07, 6.45) is 0. The van der Waals surface area contributed by atoms with E-state index >= 15 is 0 Å². The van der Waals surface area contributed by atoms with Crippen molar-refractivity contribution >= 4 is 99.2 Å². The van der Waals surface area contributed by atoms with E-state index in [0.717, 1.165) is 89.1 Å². The molecule has 0 aliphatic carbocycles. The maximum Gasteiger partial charge on any atom is 0.142 e. The molecule has 3 aromatic heterocycles. The Kier molecular flexibility index (Phi) is 6.64. The van der Waals surface area contributed by atoms with Gasteiger partial charge < -0.3 is 23.2 Å². The van der Waals surface area contributed by atoms with Crippen LogP contribution in [0, 0.1) is 0 Å². The van der Waals surface area contributed by atoms with Gasteiger partial charge in [-0.05, 0) is 60.7 Å². The number of fused-ring (bicyclic) bond motifs is 13. The zero-order valence-corrected chi connectivity index (χ0v) is 34.2. The molecule has 61 heavy (non-hydrogen) atoms. The molecule has 2 aliphatic heterocycles. The Morgan fingerprint density at radius 2 is 0.590 bits per heavy atom. The van der Waals surface area contributed by atoms with E-state index in [0.29, 0.717) is 0 Å². The zero-order chi connectivity index (χ0) is 40.0. The molecule has 14 rings (SSSR count). The molecule has 0 atom stereocenters. The highest BCUT2D eigenvalue weighted by Crippen LogP contribution is 2.60. The number of aromatic nitrogens is 3. The van der Waals surface area contributed by atoms with Crippen LogP contribution in [0.15, 0.2) is 194 Å². The van der Waals surface area contributed by atoms with Gasteiger partial charge in [0, 0.05) is 78.6 Å². The summed E-state index contributed by atoms with van der Waals surface area (Å²) in [7, 11) is 0. The van der Waals surface area contributed by atoms with Crippen molar-refractivity contribution in [3.8, 4) is 40.1 Å². The summed E-state index contributed by atoms with van der Waals surface area (Å²) in [5, 5.41) is 10.3. The smallest absolute Gasteiger partial charge is 0.142 e. The minimum Gasteiger partial charge on any atom is -0.456 e. The molecule has 286 valence electrons. The predicted molar refractivity (Wildman–Crippen MR) is 256 cm³/mol. The molecular formula is C54H32N3O2PS. The molecule has 0 saturated carbocycles. The summed E-state index contributed by atoms with van der Waals surface area (Å²) in [5.41, 5.74) is 9.82. The highest BCUT2D eigenvalue weighted by atomic mass is 32.4. The number of benzene rings is 9. The Labute approximate surface area is 354 Å². The molecule has 0 radical (unpaired) electrons. The van der Waals surface area contributed by atoms with Crippen molar-refractivity contribution in [2.75, 3.05) is 0 Å². The van der Waals surface area contributed by atoms with Crippen LogP contribution < -0.4 is 25.4 Å². The topological polar surface area (TPSA) is 33.2 Å². The average molecular weight is 818 g/mol. The van der Waals surface area contributed by atoms with E-state index < -0.39 is 6.04 Å². The van der Waals surface area contributed by atoms with Crippen molar-refractivity contribution in [2.45, 2.75) is 0 Å². The lowest BCUT2D eigenvalue weighted by Crippen LogP contribution is -2.35. The van der Waals surface area contributed by atoms with Crippen LogP contribution in [0.2, 0.25) is 0 Å². The lowest BCUT2D eigenvalue weighted by Gasteiger charge is -2.38. The minimum absolute atomic E-state index is 0.738. The summed E-state index contributed by atoms with van der Waals surface area (Å²) in [6.45, 7) is 0. The Bertz CT molecular complexity index is 3600. The molecule has 0 spiro atoms. The Balaban J connectivity index is 1.04. The Hall–Kier alpha value is -7.37. The molecule has 0 amide bonds. The molecule has 0 bridgehead atoms. The monoisotopic (exact) mass is 817 g/mol. The SMILES string of the molecule is S=P12c3ccc(-n4c5ccccc5c5ccccc54)cc3Oc3cc(-n4c5ccccc5c5ccccc54)cc(c31)Oc1cc(-n3c4ccccc4c4ccccc43)ccc12. The van der Waals surface area contributed by atoms with Gasteiger partial charge in [0.2, 0.25) is 0 Å². The third kappa shape index (κ3) is 4.42. The quantitative estimate of drug-likeness (QED) is 0.167. The molecule has 5 nitrogen and oxygen atoms in total. The zero-order valence-electron chi connectivity index (χ0n) is 32.5.